The van der Waals surface area contributed by atoms with Crippen molar-refractivity contribution < 1.29 is 10.2 Å². The van der Waals surface area contributed by atoms with Crippen LogP contribution in [0.1, 0.15) is 10.4 Å². The summed E-state index contributed by atoms with van der Waals surface area (Å²) in [6.07, 6.45) is -1.68. The van der Waals surface area contributed by atoms with Gasteiger partial charge in [-0.15, -0.1) is 11.3 Å². The van der Waals surface area contributed by atoms with Crippen molar-refractivity contribution in [3.05, 3.63) is 10.4 Å². The van der Waals surface area contributed by atoms with E-state index in [1.165, 1.54) is 0 Å². The van der Waals surface area contributed by atoms with Crippen molar-refractivity contribution in [2.45, 2.75) is 12.2 Å². The fourth-order valence-corrected chi connectivity index (χ4v) is 2.77. The van der Waals surface area contributed by atoms with E-state index in [1.54, 1.807) is 4.90 Å². The van der Waals surface area contributed by atoms with Crippen molar-refractivity contribution in [1.29, 1.82) is 10.5 Å². The summed E-state index contributed by atoms with van der Waals surface area (Å²) in [6, 6.07) is 3.88. The summed E-state index contributed by atoms with van der Waals surface area (Å²) in [6.45, 7) is 0.474. The van der Waals surface area contributed by atoms with Crippen LogP contribution in [0.5, 0.6) is 0 Å². The fourth-order valence-electron chi connectivity index (χ4n) is 1.78. The number of nitriles is 2. The Labute approximate surface area is 102 Å². The summed E-state index contributed by atoms with van der Waals surface area (Å²) < 4.78 is 0. The van der Waals surface area contributed by atoms with Gasteiger partial charge in [0, 0.05) is 13.1 Å². The number of β-amino-alcohol motifs (C(OH)–C–C–N with tert-alkyl or cyclic N) is 2. The highest BCUT2D eigenvalue weighted by Gasteiger charge is 2.33. The van der Waals surface area contributed by atoms with E-state index in [4.69, 9.17) is 16.3 Å². The van der Waals surface area contributed by atoms with E-state index in [0.29, 0.717) is 5.00 Å². The first-order valence-corrected chi connectivity index (χ1v) is 5.73. The number of aliphatic hydroxyl groups excluding tert-OH is 2. The Morgan fingerprint density at radius 1 is 1.24 bits per heavy atom. The maximum absolute atomic E-state index is 9.46. The summed E-state index contributed by atoms with van der Waals surface area (Å²) >= 11 is 1.11. The molecule has 2 unspecified atom stereocenters. The van der Waals surface area contributed by atoms with Gasteiger partial charge in [0.15, 0.2) is 0 Å². The number of nitrogens with zero attached hydrogens (tertiary/aromatic N) is 3. The van der Waals surface area contributed by atoms with Gasteiger partial charge in [-0.25, -0.2) is 0 Å². The smallest absolute Gasteiger partial charge is 0.131 e. The molecule has 0 saturated carbocycles. The van der Waals surface area contributed by atoms with Crippen LogP contribution >= 0.6 is 11.3 Å². The van der Waals surface area contributed by atoms with Crippen molar-refractivity contribution >= 4 is 22.0 Å². The van der Waals surface area contributed by atoms with E-state index < -0.39 is 12.2 Å². The predicted molar refractivity (Wildman–Crippen MR) is 62.4 cm³/mol. The third-order valence-corrected chi connectivity index (χ3v) is 3.86. The summed E-state index contributed by atoms with van der Waals surface area (Å²) in [7, 11) is 0. The predicted octanol–water partition coefficient (Wildman–Crippen LogP) is -0.385. The molecule has 88 valence electrons. The second-order valence-electron chi connectivity index (χ2n) is 3.79. The van der Waals surface area contributed by atoms with E-state index in [-0.39, 0.29) is 29.2 Å². The maximum atomic E-state index is 9.46. The lowest BCUT2D eigenvalue weighted by Crippen LogP contribution is -2.22. The van der Waals surface area contributed by atoms with Gasteiger partial charge < -0.3 is 20.8 Å². The molecule has 0 aromatic carbocycles. The van der Waals surface area contributed by atoms with Gasteiger partial charge >= 0.3 is 0 Å². The van der Waals surface area contributed by atoms with Crippen LogP contribution in [0, 0.1) is 22.7 Å². The molecule has 1 aromatic heterocycles. The number of hydrogen-bond acceptors (Lipinski definition) is 7. The van der Waals surface area contributed by atoms with E-state index in [9.17, 15) is 10.2 Å². The van der Waals surface area contributed by atoms with Gasteiger partial charge in [-0.05, 0) is 0 Å². The summed E-state index contributed by atoms with van der Waals surface area (Å²) in [4.78, 5) is 1.96. The third-order valence-electron chi connectivity index (χ3n) is 2.69. The Morgan fingerprint density at radius 3 is 2.29 bits per heavy atom. The average molecular weight is 250 g/mol. The van der Waals surface area contributed by atoms with Gasteiger partial charge in [-0.3, -0.25) is 0 Å². The van der Waals surface area contributed by atoms with Crippen LogP contribution in [0.25, 0.3) is 0 Å². The summed E-state index contributed by atoms with van der Waals surface area (Å²) in [5.41, 5.74) is 6.09. The molecule has 2 rings (SSSR count). The average Bonchev–Trinajstić information content (AvgIpc) is 2.80. The molecule has 0 spiro atoms. The topological polar surface area (TPSA) is 117 Å². The lowest BCUT2D eigenvalue weighted by atomic mass is 10.2. The minimum atomic E-state index is -0.838. The molecule has 2 heterocycles. The van der Waals surface area contributed by atoms with Crippen LogP contribution in [0.2, 0.25) is 0 Å². The highest BCUT2D eigenvalue weighted by atomic mass is 32.1. The fraction of sp³-hybridized carbons (Fsp3) is 0.400. The molecule has 2 atom stereocenters. The largest absolute Gasteiger partial charge is 0.396 e. The highest BCUT2D eigenvalue weighted by molar-refractivity contribution is 7.17. The van der Waals surface area contributed by atoms with E-state index in [0.717, 1.165) is 11.3 Å². The number of nitrogen functional groups attached to an aromatic ring is 1. The molecular formula is C10H10N4O2S. The molecule has 0 amide bonds. The number of rotatable bonds is 1. The Morgan fingerprint density at radius 2 is 1.82 bits per heavy atom. The minimum Gasteiger partial charge on any atom is -0.396 e. The van der Waals surface area contributed by atoms with Crippen LogP contribution in [-0.2, 0) is 0 Å². The van der Waals surface area contributed by atoms with Crippen molar-refractivity contribution in [3.63, 3.8) is 0 Å². The molecule has 1 saturated heterocycles. The van der Waals surface area contributed by atoms with Crippen LogP contribution in [0.15, 0.2) is 0 Å². The molecule has 1 aromatic rings. The zero-order chi connectivity index (χ0) is 12.6. The number of nitrogens with two attached hydrogens (primary N) is 1. The second kappa shape index (κ2) is 4.22. The Kier molecular flexibility index (Phi) is 2.90. The van der Waals surface area contributed by atoms with Crippen LogP contribution < -0.4 is 10.6 Å². The molecule has 0 bridgehead atoms. The van der Waals surface area contributed by atoms with Crippen LogP contribution in [0.4, 0.5) is 10.7 Å². The molecule has 0 aliphatic carbocycles. The van der Waals surface area contributed by atoms with E-state index in [2.05, 4.69) is 0 Å². The highest BCUT2D eigenvalue weighted by Crippen LogP contribution is 2.38. The van der Waals surface area contributed by atoms with Gasteiger partial charge in [-0.1, -0.05) is 0 Å². The summed E-state index contributed by atoms with van der Waals surface area (Å²) in [5, 5.41) is 37.3. The second-order valence-corrected chi connectivity index (χ2v) is 4.79. The van der Waals surface area contributed by atoms with Gasteiger partial charge in [0.25, 0.3) is 0 Å². The normalized spacial score (nSPS) is 23.4. The lowest BCUT2D eigenvalue weighted by Gasteiger charge is -2.15. The van der Waals surface area contributed by atoms with Crippen molar-refractivity contribution in [2.24, 2.45) is 0 Å². The molecule has 4 N–H and O–H groups in total. The minimum absolute atomic E-state index is 0.172. The van der Waals surface area contributed by atoms with Gasteiger partial charge in [-0.2, -0.15) is 10.5 Å². The lowest BCUT2D eigenvalue weighted by molar-refractivity contribution is 0.0572. The number of anilines is 2. The van der Waals surface area contributed by atoms with Crippen LogP contribution in [0.3, 0.4) is 0 Å². The number of aliphatic hydroxyl groups is 2. The quantitative estimate of drug-likeness (QED) is 0.625. The Balaban J connectivity index is 2.41. The molecule has 7 heteroatoms. The molecule has 1 aliphatic heterocycles. The standard InChI is InChI=1S/C10H10N4O2S/c11-1-5-9(13)8(2-12)17-10(5)14-3-6(15)7(16)4-14/h6-7,15-16H,3-4,13H2. The molecule has 17 heavy (non-hydrogen) atoms. The van der Waals surface area contributed by atoms with E-state index >= 15 is 0 Å². The summed E-state index contributed by atoms with van der Waals surface area (Å²) in [5.74, 6) is 0. The third kappa shape index (κ3) is 1.81. The van der Waals surface area contributed by atoms with Crippen molar-refractivity contribution in [1.82, 2.24) is 0 Å². The van der Waals surface area contributed by atoms with Gasteiger partial charge in [0.2, 0.25) is 0 Å². The number of hydrogen-bond donors (Lipinski definition) is 3. The van der Waals surface area contributed by atoms with Crippen molar-refractivity contribution in [2.75, 3.05) is 23.7 Å². The maximum Gasteiger partial charge on any atom is 0.131 e. The van der Waals surface area contributed by atoms with Gasteiger partial charge in [0.1, 0.15) is 27.6 Å². The Hall–Kier alpha value is -1.80. The molecule has 6 nitrogen and oxygen atoms in total. The first-order valence-electron chi connectivity index (χ1n) is 4.92. The van der Waals surface area contributed by atoms with Crippen molar-refractivity contribution in [3.8, 4) is 12.1 Å². The molecule has 1 aliphatic rings. The zero-order valence-corrected chi connectivity index (χ0v) is 9.61. The van der Waals surface area contributed by atoms with Crippen LogP contribution in [-0.4, -0.2) is 35.5 Å². The number of thiophene rings is 1. The van der Waals surface area contributed by atoms with Gasteiger partial charge in [0.05, 0.1) is 17.9 Å². The Bertz CT molecular complexity index is 518. The zero-order valence-electron chi connectivity index (χ0n) is 8.79. The molecule has 1 fully saturated rings. The monoisotopic (exact) mass is 250 g/mol. The van der Waals surface area contributed by atoms with E-state index in [1.807, 2.05) is 12.1 Å². The SMILES string of the molecule is N#Cc1sc(N2CC(O)C(O)C2)c(C#N)c1N. The molecular weight excluding hydrogens is 240 g/mol. The molecule has 0 radical (unpaired) electrons. The first-order chi connectivity index (χ1) is 8.08. The first kappa shape index (κ1) is 11.7.